The van der Waals surface area contributed by atoms with Crippen LogP contribution < -0.4 is 20.1 Å². The Bertz CT molecular complexity index is 800. The van der Waals surface area contributed by atoms with E-state index in [1.165, 1.54) is 6.42 Å². The number of carbonyl (C=O) groups is 1. The fourth-order valence-corrected chi connectivity index (χ4v) is 3.78. The summed E-state index contributed by atoms with van der Waals surface area (Å²) in [6, 6.07) is 15.8. The van der Waals surface area contributed by atoms with Crippen molar-refractivity contribution in [3.05, 3.63) is 54.1 Å². The van der Waals surface area contributed by atoms with Crippen molar-refractivity contribution in [3.63, 3.8) is 0 Å². The van der Waals surface area contributed by atoms with Gasteiger partial charge in [0.05, 0.1) is 6.54 Å². The predicted octanol–water partition coefficient (Wildman–Crippen LogP) is 4.41. The highest BCUT2D eigenvalue weighted by Crippen LogP contribution is 2.46. The van der Waals surface area contributed by atoms with Gasteiger partial charge < -0.3 is 20.1 Å². The summed E-state index contributed by atoms with van der Waals surface area (Å²) in [6.45, 7) is 2.29. The molecule has 2 N–H and O–H groups in total. The first-order valence-corrected chi connectivity index (χ1v) is 9.74. The highest BCUT2D eigenvalue weighted by atomic mass is 16.7. The molecule has 1 spiro atoms. The van der Waals surface area contributed by atoms with Gasteiger partial charge in [-0.3, -0.25) is 4.79 Å². The van der Waals surface area contributed by atoms with E-state index in [0.717, 1.165) is 48.4 Å². The highest BCUT2D eigenvalue weighted by Gasteiger charge is 2.42. The number of hydrogen-bond acceptors (Lipinski definition) is 4. The van der Waals surface area contributed by atoms with E-state index in [9.17, 15) is 4.79 Å². The van der Waals surface area contributed by atoms with Crippen LogP contribution in [0, 0.1) is 0 Å². The SMILES string of the molecule is C[C@H](NCC(=O)Nc1ccc2c(c1)OC1(CCCCC1)O2)c1ccccc1. The van der Waals surface area contributed by atoms with Crippen LogP contribution in [0.1, 0.15) is 50.6 Å². The molecule has 1 atom stereocenters. The molecule has 1 heterocycles. The van der Waals surface area contributed by atoms with Gasteiger partial charge in [0, 0.05) is 30.6 Å². The molecule has 1 aliphatic heterocycles. The zero-order valence-electron chi connectivity index (χ0n) is 15.7. The van der Waals surface area contributed by atoms with E-state index in [1.807, 2.05) is 43.3 Å². The Kier molecular flexibility index (Phi) is 5.03. The average molecular weight is 366 g/mol. The minimum atomic E-state index is -0.490. The summed E-state index contributed by atoms with van der Waals surface area (Å²) in [7, 11) is 0. The third-order valence-electron chi connectivity index (χ3n) is 5.30. The minimum Gasteiger partial charge on any atom is -0.448 e. The van der Waals surface area contributed by atoms with Crippen molar-refractivity contribution >= 4 is 11.6 Å². The van der Waals surface area contributed by atoms with E-state index < -0.39 is 5.79 Å². The van der Waals surface area contributed by atoms with Gasteiger partial charge >= 0.3 is 0 Å². The Morgan fingerprint density at radius 1 is 1.04 bits per heavy atom. The monoisotopic (exact) mass is 366 g/mol. The average Bonchev–Trinajstić information content (AvgIpc) is 3.03. The zero-order chi connectivity index (χ0) is 18.7. The lowest BCUT2D eigenvalue weighted by Crippen LogP contribution is -2.40. The van der Waals surface area contributed by atoms with Crippen LogP contribution in [0.5, 0.6) is 11.5 Å². The summed E-state index contributed by atoms with van der Waals surface area (Å²) in [5.74, 6) is 0.922. The number of amides is 1. The molecule has 2 aromatic carbocycles. The summed E-state index contributed by atoms with van der Waals surface area (Å²) < 4.78 is 12.2. The molecule has 0 unspecified atom stereocenters. The van der Waals surface area contributed by atoms with E-state index >= 15 is 0 Å². The predicted molar refractivity (Wildman–Crippen MR) is 105 cm³/mol. The molecule has 1 amide bonds. The van der Waals surface area contributed by atoms with Crippen molar-refractivity contribution < 1.29 is 14.3 Å². The van der Waals surface area contributed by atoms with Crippen molar-refractivity contribution in [3.8, 4) is 11.5 Å². The lowest BCUT2D eigenvalue weighted by atomic mass is 9.94. The van der Waals surface area contributed by atoms with Gasteiger partial charge in [-0.15, -0.1) is 0 Å². The van der Waals surface area contributed by atoms with Crippen LogP contribution in [0.15, 0.2) is 48.5 Å². The first-order chi connectivity index (χ1) is 13.1. The van der Waals surface area contributed by atoms with Gasteiger partial charge in [-0.1, -0.05) is 36.8 Å². The van der Waals surface area contributed by atoms with E-state index in [1.54, 1.807) is 0 Å². The molecule has 0 bridgehead atoms. The number of rotatable bonds is 5. The van der Waals surface area contributed by atoms with E-state index in [-0.39, 0.29) is 18.5 Å². The fraction of sp³-hybridized carbons (Fsp3) is 0.409. The molecule has 0 aromatic heterocycles. The van der Waals surface area contributed by atoms with Gasteiger partial charge in [0.25, 0.3) is 5.79 Å². The Balaban J connectivity index is 1.33. The van der Waals surface area contributed by atoms with Crippen molar-refractivity contribution in [1.82, 2.24) is 5.32 Å². The third kappa shape index (κ3) is 4.08. The Labute approximate surface area is 160 Å². The number of nitrogens with one attached hydrogen (secondary N) is 2. The van der Waals surface area contributed by atoms with Crippen LogP contribution >= 0.6 is 0 Å². The quantitative estimate of drug-likeness (QED) is 0.823. The lowest BCUT2D eigenvalue weighted by molar-refractivity contribution is -0.115. The number of hydrogen-bond donors (Lipinski definition) is 2. The highest BCUT2D eigenvalue weighted by molar-refractivity contribution is 5.92. The topological polar surface area (TPSA) is 59.6 Å². The molecular formula is C22H26N2O3. The maximum Gasteiger partial charge on any atom is 0.251 e. The molecule has 1 aliphatic carbocycles. The molecule has 27 heavy (non-hydrogen) atoms. The van der Waals surface area contributed by atoms with Crippen LogP contribution in [-0.2, 0) is 4.79 Å². The van der Waals surface area contributed by atoms with Crippen LogP contribution in [0.3, 0.4) is 0 Å². The zero-order valence-corrected chi connectivity index (χ0v) is 15.7. The number of benzene rings is 2. The molecule has 2 aliphatic rings. The van der Waals surface area contributed by atoms with Crippen molar-refractivity contribution in [2.45, 2.75) is 50.9 Å². The smallest absolute Gasteiger partial charge is 0.251 e. The molecule has 142 valence electrons. The van der Waals surface area contributed by atoms with Gasteiger partial charge in [0.2, 0.25) is 5.91 Å². The maximum absolute atomic E-state index is 12.3. The fourth-order valence-electron chi connectivity index (χ4n) is 3.78. The number of ether oxygens (including phenoxy) is 2. The van der Waals surface area contributed by atoms with Crippen LogP contribution in [0.25, 0.3) is 0 Å². The second kappa shape index (κ2) is 7.61. The van der Waals surface area contributed by atoms with E-state index in [0.29, 0.717) is 0 Å². The summed E-state index contributed by atoms with van der Waals surface area (Å²) in [4.78, 5) is 12.3. The van der Waals surface area contributed by atoms with Gasteiger partial charge in [-0.05, 0) is 37.5 Å². The number of anilines is 1. The molecule has 5 heteroatoms. The Morgan fingerprint density at radius 2 is 1.78 bits per heavy atom. The minimum absolute atomic E-state index is 0.0796. The third-order valence-corrected chi connectivity index (χ3v) is 5.30. The number of carbonyl (C=O) groups excluding carboxylic acids is 1. The number of fused-ring (bicyclic) bond motifs is 1. The molecule has 0 saturated heterocycles. The molecule has 1 fully saturated rings. The van der Waals surface area contributed by atoms with E-state index in [2.05, 4.69) is 22.8 Å². The standard InChI is InChI=1S/C22H26N2O3/c1-16(17-8-4-2-5-9-17)23-15-21(25)24-18-10-11-19-20(14-18)27-22(26-19)12-6-3-7-13-22/h2,4-5,8-11,14,16,23H,3,6-7,12-13,15H2,1H3,(H,24,25)/t16-/m0/s1. The second-order valence-electron chi connectivity index (χ2n) is 7.40. The molecule has 0 radical (unpaired) electrons. The Hall–Kier alpha value is -2.53. The molecular weight excluding hydrogens is 340 g/mol. The second-order valence-corrected chi connectivity index (χ2v) is 7.40. The first kappa shape index (κ1) is 17.9. The normalized spacial score (nSPS) is 18.3. The molecule has 5 nitrogen and oxygen atoms in total. The van der Waals surface area contributed by atoms with E-state index in [4.69, 9.17) is 9.47 Å². The van der Waals surface area contributed by atoms with Gasteiger partial charge in [0.1, 0.15) is 0 Å². The van der Waals surface area contributed by atoms with Crippen LogP contribution in [0.4, 0.5) is 5.69 Å². The van der Waals surface area contributed by atoms with Crippen LogP contribution in [-0.4, -0.2) is 18.2 Å². The lowest BCUT2D eigenvalue weighted by Gasteiger charge is -2.31. The van der Waals surface area contributed by atoms with Crippen molar-refractivity contribution in [2.75, 3.05) is 11.9 Å². The maximum atomic E-state index is 12.3. The summed E-state index contributed by atoms with van der Waals surface area (Å²) >= 11 is 0. The summed E-state index contributed by atoms with van der Waals surface area (Å²) in [5.41, 5.74) is 1.88. The Morgan fingerprint density at radius 3 is 2.56 bits per heavy atom. The van der Waals surface area contributed by atoms with Gasteiger partial charge in [-0.2, -0.15) is 0 Å². The van der Waals surface area contributed by atoms with Gasteiger partial charge in [-0.25, -0.2) is 0 Å². The molecule has 4 rings (SSSR count). The van der Waals surface area contributed by atoms with Crippen LogP contribution in [0.2, 0.25) is 0 Å². The summed E-state index contributed by atoms with van der Waals surface area (Å²) in [5, 5.41) is 6.18. The van der Waals surface area contributed by atoms with Crippen molar-refractivity contribution in [1.29, 1.82) is 0 Å². The largest absolute Gasteiger partial charge is 0.448 e. The molecule has 2 aromatic rings. The first-order valence-electron chi connectivity index (χ1n) is 9.74. The summed E-state index contributed by atoms with van der Waals surface area (Å²) in [6.07, 6.45) is 5.33. The van der Waals surface area contributed by atoms with Gasteiger partial charge in [0.15, 0.2) is 11.5 Å². The molecule has 1 saturated carbocycles. The van der Waals surface area contributed by atoms with Crippen molar-refractivity contribution in [2.24, 2.45) is 0 Å².